The number of halogens is 3. The lowest BCUT2D eigenvalue weighted by atomic mass is 10.0. The van der Waals surface area contributed by atoms with E-state index in [0.29, 0.717) is 30.0 Å². The molecule has 1 unspecified atom stereocenters. The number of aromatic carboxylic acids is 1. The zero-order chi connectivity index (χ0) is 31.5. The molecule has 0 amide bonds. The molecule has 1 atom stereocenters. The van der Waals surface area contributed by atoms with E-state index < -0.39 is 23.4 Å². The third-order valence-electron chi connectivity index (χ3n) is 7.78. The molecule has 1 aliphatic heterocycles. The number of hydrogen-bond acceptors (Lipinski definition) is 6. The van der Waals surface area contributed by atoms with Gasteiger partial charge in [0.05, 0.1) is 46.6 Å². The summed E-state index contributed by atoms with van der Waals surface area (Å²) >= 11 is 0. The summed E-state index contributed by atoms with van der Waals surface area (Å²) in [7, 11) is 0. The lowest BCUT2D eigenvalue weighted by Crippen LogP contribution is -2.25. The maximum absolute atomic E-state index is 15.6. The summed E-state index contributed by atoms with van der Waals surface area (Å²) < 4.78 is 58.7. The molecular formula is C34H27F3N4O4. The SMILES string of the molecule is N#Cc1ccc(COc2cccc(-c3cc(F)c(Cc4nc5ccc(C(=O)O)cc5n4CC4CCCCO4)cc3F)n2)c(F)c1. The molecule has 8 nitrogen and oxygen atoms in total. The van der Waals surface area contributed by atoms with Crippen LogP contribution in [-0.4, -0.2) is 38.3 Å². The zero-order valence-electron chi connectivity index (χ0n) is 24.0. The van der Waals surface area contributed by atoms with E-state index in [1.165, 1.54) is 36.4 Å². The lowest BCUT2D eigenvalue weighted by Gasteiger charge is -2.24. The highest BCUT2D eigenvalue weighted by molar-refractivity contribution is 5.92. The van der Waals surface area contributed by atoms with Crippen molar-refractivity contribution in [3.63, 3.8) is 0 Å². The minimum atomic E-state index is -1.08. The molecule has 1 N–H and O–H groups in total. The van der Waals surface area contributed by atoms with E-state index in [9.17, 15) is 14.3 Å². The number of pyridine rings is 1. The summed E-state index contributed by atoms with van der Waals surface area (Å²) in [5, 5.41) is 18.4. The van der Waals surface area contributed by atoms with Gasteiger partial charge in [-0.15, -0.1) is 0 Å². The Morgan fingerprint density at radius 1 is 1.00 bits per heavy atom. The first kappa shape index (κ1) is 29.8. The Morgan fingerprint density at radius 2 is 1.84 bits per heavy atom. The van der Waals surface area contributed by atoms with Crippen molar-refractivity contribution in [1.29, 1.82) is 5.26 Å². The van der Waals surface area contributed by atoms with Crippen LogP contribution in [0.4, 0.5) is 13.2 Å². The highest BCUT2D eigenvalue weighted by Gasteiger charge is 2.22. The molecule has 0 radical (unpaired) electrons. The lowest BCUT2D eigenvalue weighted by molar-refractivity contribution is 0.00623. The zero-order valence-corrected chi connectivity index (χ0v) is 24.0. The van der Waals surface area contributed by atoms with Crippen LogP contribution in [0.15, 0.2) is 66.7 Å². The Morgan fingerprint density at radius 3 is 2.60 bits per heavy atom. The van der Waals surface area contributed by atoms with Crippen molar-refractivity contribution >= 4 is 17.0 Å². The summed E-state index contributed by atoms with van der Waals surface area (Å²) in [6, 6.07) is 17.3. The van der Waals surface area contributed by atoms with E-state index in [1.807, 2.05) is 10.6 Å². The van der Waals surface area contributed by atoms with Crippen molar-refractivity contribution < 1.29 is 32.5 Å². The second-order valence-corrected chi connectivity index (χ2v) is 10.8. The number of nitriles is 1. The molecule has 2 aromatic heterocycles. The number of carbonyl (C=O) groups is 1. The van der Waals surface area contributed by atoms with Gasteiger partial charge in [0.1, 0.15) is 29.9 Å². The third-order valence-corrected chi connectivity index (χ3v) is 7.78. The van der Waals surface area contributed by atoms with Gasteiger partial charge in [0.25, 0.3) is 0 Å². The molecule has 1 saturated heterocycles. The topological polar surface area (TPSA) is 110 Å². The van der Waals surface area contributed by atoms with Crippen molar-refractivity contribution in [2.75, 3.05) is 6.61 Å². The van der Waals surface area contributed by atoms with Gasteiger partial charge in [-0.05, 0) is 73.4 Å². The second kappa shape index (κ2) is 12.8. The minimum Gasteiger partial charge on any atom is -0.478 e. The van der Waals surface area contributed by atoms with Crippen LogP contribution in [0.2, 0.25) is 0 Å². The molecule has 0 spiro atoms. The Balaban J connectivity index is 1.26. The molecule has 3 aromatic carbocycles. The fourth-order valence-corrected chi connectivity index (χ4v) is 5.42. The molecule has 1 aliphatic rings. The Labute approximate surface area is 256 Å². The number of aromatic nitrogens is 3. The van der Waals surface area contributed by atoms with Gasteiger partial charge in [0.2, 0.25) is 5.88 Å². The number of hydrogen-bond donors (Lipinski definition) is 1. The number of fused-ring (bicyclic) bond motifs is 1. The molecule has 45 heavy (non-hydrogen) atoms. The Hall–Kier alpha value is -5.21. The van der Waals surface area contributed by atoms with E-state index in [2.05, 4.69) is 9.97 Å². The summed E-state index contributed by atoms with van der Waals surface area (Å²) in [4.78, 5) is 20.6. The normalized spacial score (nSPS) is 14.8. The number of nitrogens with zero attached hydrogens (tertiary/aromatic N) is 4. The first-order valence-electron chi connectivity index (χ1n) is 14.4. The van der Waals surface area contributed by atoms with Gasteiger partial charge in [-0.2, -0.15) is 5.26 Å². The van der Waals surface area contributed by atoms with Crippen molar-refractivity contribution in [2.24, 2.45) is 0 Å². The van der Waals surface area contributed by atoms with Gasteiger partial charge < -0.3 is 19.1 Å². The van der Waals surface area contributed by atoms with E-state index in [-0.39, 0.29) is 58.5 Å². The summed E-state index contributed by atoms with van der Waals surface area (Å²) in [5.41, 5.74) is 1.73. The second-order valence-electron chi connectivity index (χ2n) is 10.8. The van der Waals surface area contributed by atoms with Crippen LogP contribution >= 0.6 is 0 Å². The van der Waals surface area contributed by atoms with Crippen LogP contribution in [0.1, 0.15) is 52.1 Å². The van der Waals surface area contributed by atoms with Crippen molar-refractivity contribution in [3.8, 4) is 23.2 Å². The van der Waals surface area contributed by atoms with Crippen molar-refractivity contribution in [3.05, 3.63) is 112 Å². The van der Waals surface area contributed by atoms with Crippen LogP contribution in [0.3, 0.4) is 0 Å². The van der Waals surface area contributed by atoms with Crippen molar-refractivity contribution in [2.45, 2.75) is 44.9 Å². The molecule has 3 heterocycles. The molecule has 0 saturated carbocycles. The first-order valence-corrected chi connectivity index (χ1v) is 14.4. The fraction of sp³-hybridized carbons (Fsp3) is 0.235. The van der Waals surface area contributed by atoms with Crippen LogP contribution in [-0.2, 0) is 24.3 Å². The monoisotopic (exact) mass is 612 g/mol. The van der Waals surface area contributed by atoms with E-state index >= 15 is 8.78 Å². The van der Waals surface area contributed by atoms with Gasteiger partial charge in [0, 0.05) is 30.2 Å². The largest absolute Gasteiger partial charge is 0.478 e. The Kier molecular flexibility index (Phi) is 8.49. The number of imidazole rings is 1. The Bertz CT molecular complexity index is 1950. The minimum absolute atomic E-state index is 0.0421. The molecule has 6 rings (SSSR count). The summed E-state index contributed by atoms with van der Waals surface area (Å²) in [6.07, 6.45) is 2.64. The van der Waals surface area contributed by atoms with Crippen LogP contribution in [0, 0.1) is 28.8 Å². The van der Waals surface area contributed by atoms with Crippen LogP contribution in [0.5, 0.6) is 5.88 Å². The van der Waals surface area contributed by atoms with E-state index in [0.717, 1.165) is 37.5 Å². The third kappa shape index (κ3) is 6.51. The molecular weight excluding hydrogens is 585 g/mol. The first-order chi connectivity index (χ1) is 21.8. The number of benzene rings is 3. The summed E-state index contributed by atoms with van der Waals surface area (Å²) in [5.74, 6) is -2.52. The number of carboxylic acids is 1. The average Bonchev–Trinajstić information content (AvgIpc) is 3.38. The maximum atomic E-state index is 15.6. The molecule has 0 bridgehead atoms. The number of ether oxygens (including phenoxy) is 2. The van der Waals surface area contributed by atoms with Crippen molar-refractivity contribution in [1.82, 2.24) is 14.5 Å². The molecule has 0 aliphatic carbocycles. The number of rotatable bonds is 9. The van der Waals surface area contributed by atoms with E-state index in [4.69, 9.17) is 14.7 Å². The predicted molar refractivity (Wildman–Crippen MR) is 158 cm³/mol. The van der Waals surface area contributed by atoms with Gasteiger partial charge >= 0.3 is 5.97 Å². The van der Waals surface area contributed by atoms with E-state index in [1.54, 1.807) is 12.1 Å². The van der Waals surface area contributed by atoms with Crippen LogP contribution < -0.4 is 4.74 Å². The highest BCUT2D eigenvalue weighted by atomic mass is 19.1. The quantitative estimate of drug-likeness (QED) is 0.194. The average molecular weight is 613 g/mol. The number of carboxylic acid groups (broad SMARTS) is 1. The standard InChI is InChI=1S/C34H27F3N4O4/c35-26-12-20(17-38)7-8-22(26)19-45-33-6-3-5-29(40-33)25-16-27(36)23(13-28(25)37)15-32-39-30-10-9-21(34(42)43)14-31(30)41(32)18-24-4-1-2-11-44-24/h3,5-10,12-14,16,24H,1-2,4,11,15,18-19H2,(H,42,43). The smallest absolute Gasteiger partial charge is 0.335 e. The predicted octanol–water partition coefficient (Wildman–Crippen LogP) is 6.82. The van der Waals surface area contributed by atoms with Gasteiger partial charge in [-0.3, -0.25) is 0 Å². The molecule has 1 fully saturated rings. The maximum Gasteiger partial charge on any atom is 0.335 e. The molecule has 228 valence electrons. The molecule has 5 aromatic rings. The highest BCUT2D eigenvalue weighted by Crippen LogP contribution is 2.29. The fourth-order valence-electron chi connectivity index (χ4n) is 5.42. The van der Waals surface area contributed by atoms with Gasteiger partial charge in [0.15, 0.2) is 0 Å². The molecule has 11 heteroatoms. The van der Waals surface area contributed by atoms with Gasteiger partial charge in [-0.25, -0.2) is 27.9 Å². The van der Waals surface area contributed by atoms with Crippen LogP contribution in [0.25, 0.3) is 22.3 Å². The summed E-state index contributed by atoms with van der Waals surface area (Å²) in [6.45, 7) is 0.853. The van der Waals surface area contributed by atoms with Gasteiger partial charge in [-0.1, -0.05) is 12.1 Å².